The highest BCUT2D eigenvalue weighted by Gasteiger charge is 2.20. The molecule has 2 N–H and O–H groups in total. The molecule has 18 heavy (non-hydrogen) atoms. The van der Waals surface area contributed by atoms with Crippen LogP contribution in [0.2, 0.25) is 0 Å². The fourth-order valence-corrected chi connectivity index (χ4v) is 1.55. The third-order valence-corrected chi connectivity index (χ3v) is 2.48. The molecule has 0 aromatic carbocycles. The first kappa shape index (κ1) is 14.5. The van der Waals surface area contributed by atoms with Gasteiger partial charge in [0.05, 0.1) is 18.0 Å². The summed E-state index contributed by atoms with van der Waals surface area (Å²) in [5.41, 5.74) is 7.17. The minimum atomic E-state index is -0.449. The van der Waals surface area contributed by atoms with Gasteiger partial charge >= 0.3 is 5.97 Å². The number of hydrogen-bond donors (Lipinski definition) is 1. The minimum absolute atomic E-state index is 0.228. The number of aryl methyl sites for hydroxylation is 2. The van der Waals surface area contributed by atoms with E-state index in [0.29, 0.717) is 36.8 Å². The van der Waals surface area contributed by atoms with Crippen molar-refractivity contribution in [3.05, 3.63) is 11.4 Å². The van der Waals surface area contributed by atoms with E-state index < -0.39 is 5.97 Å². The molecule has 1 rings (SSSR count). The van der Waals surface area contributed by atoms with Gasteiger partial charge < -0.3 is 15.2 Å². The molecule has 6 heteroatoms. The standard InChI is InChI=1S/C12H21N3O3/c1-4-6-17-7-8-18-12(16)11-10(13)9(3)14-15(11)5-2/h4-8,13H2,1-3H3. The maximum atomic E-state index is 11.9. The van der Waals surface area contributed by atoms with Gasteiger partial charge in [-0.2, -0.15) is 5.10 Å². The summed E-state index contributed by atoms with van der Waals surface area (Å²) in [7, 11) is 0. The summed E-state index contributed by atoms with van der Waals surface area (Å²) in [5.74, 6) is -0.449. The lowest BCUT2D eigenvalue weighted by atomic mass is 10.3. The number of ether oxygens (including phenoxy) is 2. The highest BCUT2D eigenvalue weighted by molar-refractivity contribution is 5.93. The minimum Gasteiger partial charge on any atom is -0.458 e. The van der Waals surface area contributed by atoms with E-state index in [-0.39, 0.29) is 6.61 Å². The predicted octanol–water partition coefficient (Wildman–Crippen LogP) is 1.38. The fraction of sp³-hybridized carbons (Fsp3) is 0.667. The van der Waals surface area contributed by atoms with Crippen molar-refractivity contribution in [2.45, 2.75) is 33.7 Å². The first-order valence-corrected chi connectivity index (χ1v) is 6.19. The van der Waals surface area contributed by atoms with Crippen LogP contribution < -0.4 is 5.73 Å². The van der Waals surface area contributed by atoms with E-state index in [1.54, 1.807) is 11.6 Å². The Kier molecular flexibility index (Phi) is 5.64. The van der Waals surface area contributed by atoms with Gasteiger partial charge in [-0.3, -0.25) is 4.68 Å². The van der Waals surface area contributed by atoms with Crippen molar-refractivity contribution >= 4 is 11.7 Å². The topological polar surface area (TPSA) is 79.4 Å². The molecule has 1 aromatic heterocycles. The molecule has 0 aliphatic carbocycles. The molecule has 0 saturated carbocycles. The van der Waals surface area contributed by atoms with Crippen molar-refractivity contribution in [2.75, 3.05) is 25.6 Å². The van der Waals surface area contributed by atoms with E-state index >= 15 is 0 Å². The second-order valence-electron chi connectivity index (χ2n) is 3.91. The van der Waals surface area contributed by atoms with E-state index in [1.165, 1.54) is 0 Å². The van der Waals surface area contributed by atoms with Gasteiger partial charge in [-0.05, 0) is 20.3 Å². The number of esters is 1. The Balaban J connectivity index is 2.56. The predicted molar refractivity (Wildman–Crippen MR) is 68.4 cm³/mol. The van der Waals surface area contributed by atoms with Gasteiger partial charge in [0.2, 0.25) is 0 Å². The Morgan fingerprint density at radius 1 is 1.33 bits per heavy atom. The molecule has 0 atom stereocenters. The summed E-state index contributed by atoms with van der Waals surface area (Å²) in [6.07, 6.45) is 0.947. The molecule has 0 amide bonds. The number of carbonyl (C=O) groups excluding carboxylic acids is 1. The zero-order chi connectivity index (χ0) is 13.5. The van der Waals surface area contributed by atoms with Gasteiger partial charge in [0.25, 0.3) is 0 Å². The molecule has 6 nitrogen and oxygen atoms in total. The van der Waals surface area contributed by atoms with E-state index in [0.717, 1.165) is 6.42 Å². The summed E-state index contributed by atoms with van der Waals surface area (Å²) in [4.78, 5) is 11.9. The number of aromatic nitrogens is 2. The molecule has 0 fully saturated rings. The number of hydrogen-bond acceptors (Lipinski definition) is 5. The molecule has 0 bridgehead atoms. The number of nitrogens with zero attached hydrogens (tertiary/aromatic N) is 2. The summed E-state index contributed by atoms with van der Waals surface area (Å²) < 4.78 is 11.9. The first-order valence-electron chi connectivity index (χ1n) is 6.19. The highest BCUT2D eigenvalue weighted by atomic mass is 16.6. The van der Waals surface area contributed by atoms with Gasteiger partial charge in [-0.15, -0.1) is 0 Å². The van der Waals surface area contributed by atoms with Crippen molar-refractivity contribution in [3.63, 3.8) is 0 Å². The molecule has 0 saturated heterocycles. The first-order chi connectivity index (χ1) is 8.61. The molecule has 0 aliphatic heterocycles. The molecule has 0 aliphatic rings. The third-order valence-electron chi connectivity index (χ3n) is 2.48. The van der Waals surface area contributed by atoms with E-state index in [4.69, 9.17) is 15.2 Å². The summed E-state index contributed by atoms with van der Waals surface area (Å²) in [5, 5.41) is 4.17. The van der Waals surface area contributed by atoms with Crippen molar-refractivity contribution in [3.8, 4) is 0 Å². The maximum absolute atomic E-state index is 11.9. The Hall–Kier alpha value is -1.56. The van der Waals surface area contributed by atoms with Crippen molar-refractivity contribution in [1.82, 2.24) is 9.78 Å². The lowest BCUT2D eigenvalue weighted by Gasteiger charge is -2.07. The average molecular weight is 255 g/mol. The number of anilines is 1. The Morgan fingerprint density at radius 2 is 2.06 bits per heavy atom. The van der Waals surface area contributed by atoms with Crippen molar-refractivity contribution in [1.29, 1.82) is 0 Å². The molecule has 0 unspecified atom stereocenters. The summed E-state index contributed by atoms with van der Waals surface area (Å²) >= 11 is 0. The van der Waals surface area contributed by atoms with Crippen LogP contribution in [0.4, 0.5) is 5.69 Å². The zero-order valence-electron chi connectivity index (χ0n) is 11.2. The number of carbonyl (C=O) groups is 1. The Bertz CT molecular complexity index is 402. The van der Waals surface area contributed by atoms with Crippen LogP contribution >= 0.6 is 0 Å². The van der Waals surface area contributed by atoms with Gasteiger partial charge in [0, 0.05) is 13.2 Å². The Morgan fingerprint density at radius 3 is 2.67 bits per heavy atom. The van der Waals surface area contributed by atoms with Crippen LogP contribution in [0.25, 0.3) is 0 Å². The van der Waals surface area contributed by atoms with E-state index in [1.807, 2.05) is 13.8 Å². The van der Waals surface area contributed by atoms with Crippen LogP contribution in [0.3, 0.4) is 0 Å². The number of nitrogen functional groups attached to an aromatic ring is 1. The zero-order valence-corrected chi connectivity index (χ0v) is 11.2. The second-order valence-corrected chi connectivity index (χ2v) is 3.91. The van der Waals surface area contributed by atoms with Crippen LogP contribution in [0.1, 0.15) is 36.5 Å². The largest absolute Gasteiger partial charge is 0.458 e. The molecule has 1 heterocycles. The van der Waals surface area contributed by atoms with Gasteiger partial charge in [0.15, 0.2) is 5.69 Å². The highest BCUT2D eigenvalue weighted by Crippen LogP contribution is 2.17. The van der Waals surface area contributed by atoms with Crippen LogP contribution in [-0.4, -0.2) is 35.6 Å². The molecular weight excluding hydrogens is 234 g/mol. The van der Waals surface area contributed by atoms with Crippen LogP contribution in [-0.2, 0) is 16.0 Å². The fourth-order valence-electron chi connectivity index (χ4n) is 1.55. The third kappa shape index (κ3) is 3.46. The van der Waals surface area contributed by atoms with E-state index in [9.17, 15) is 4.79 Å². The summed E-state index contributed by atoms with van der Waals surface area (Å²) in [6, 6.07) is 0. The molecule has 1 aromatic rings. The van der Waals surface area contributed by atoms with Crippen LogP contribution in [0.5, 0.6) is 0 Å². The van der Waals surface area contributed by atoms with Gasteiger partial charge in [0.1, 0.15) is 6.61 Å². The maximum Gasteiger partial charge on any atom is 0.358 e. The molecular formula is C12H21N3O3. The normalized spacial score (nSPS) is 10.6. The summed E-state index contributed by atoms with van der Waals surface area (Å²) in [6.45, 7) is 7.57. The molecule has 102 valence electrons. The lowest BCUT2D eigenvalue weighted by Crippen LogP contribution is -2.16. The van der Waals surface area contributed by atoms with Crippen LogP contribution in [0, 0.1) is 6.92 Å². The van der Waals surface area contributed by atoms with Gasteiger partial charge in [-0.25, -0.2) is 4.79 Å². The molecule has 0 spiro atoms. The monoisotopic (exact) mass is 255 g/mol. The SMILES string of the molecule is CCCOCCOC(=O)c1c(N)c(C)nn1CC. The average Bonchev–Trinajstić information content (AvgIpc) is 2.65. The quantitative estimate of drug-likeness (QED) is 0.588. The van der Waals surface area contributed by atoms with E-state index in [2.05, 4.69) is 5.10 Å². The molecule has 0 radical (unpaired) electrons. The smallest absolute Gasteiger partial charge is 0.358 e. The lowest BCUT2D eigenvalue weighted by molar-refractivity contribution is 0.0308. The number of rotatable bonds is 7. The second kappa shape index (κ2) is 7.00. The number of nitrogens with two attached hydrogens (primary N) is 1. The Labute approximate surface area is 107 Å². The van der Waals surface area contributed by atoms with Gasteiger partial charge in [-0.1, -0.05) is 6.92 Å². The van der Waals surface area contributed by atoms with Crippen molar-refractivity contribution in [2.24, 2.45) is 0 Å². The van der Waals surface area contributed by atoms with Crippen LogP contribution in [0.15, 0.2) is 0 Å². The van der Waals surface area contributed by atoms with Crippen molar-refractivity contribution < 1.29 is 14.3 Å².